The largest absolute Gasteiger partial charge is 0.327 e. The Labute approximate surface area is 151 Å². The molecule has 2 aromatic rings. The maximum Gasteiger partial charge on any atom is 0.225 e. The van der Waals surface area contributed by atoms with E-state index in [1.807, 2.05) is 0 Å². The van der Waals surface area contributed by atoms with Gasteiger partial charge in [-0.3, -0.25) is 4.79 Å². The Morgan fingerprint density at radius 1 is 1.29 bits per heavy atom. The van der Waals surface area contributed by atoms with Crippen molar-refractivity contribution < 1.29 is 4.79 Å². The Balaban J connectivity index is 1.68. The Morgan fingerprint density at radius 3 is 2.71 bits per heavy atom. The molecular formula is C17H20Cl2N4O. The monoisotopic (exact) mass is 366 g/mol. The Morgan fingerprint density at radius 2 is 2.04 bits per heavy atom. The van der Waals surface area contributed by atoms with Crippen molar-refractivity contribution >= 4 is 34.9 Å². The van der Waals surface area contributed by atoms with Crippen LogP contribution in [0, 0.1) is 5.92 Å². The first-order chi connectivity index (χ1) is 11.5. The number of rotatable bonds is 5. The van der Waals surface area contributed by atoms with Crippen LogP contribution in [0.5, 0.6) is 0 Å². The summed E-state index contributed by atoms with van der Waals surface area (Å²) in [5.41, 5.74) is 6.81. The zero-order valence-electron chi connectivity index (χ0n) is 13.2. The van der Waals surface area contributed by atoms with E-state index in [2.05, 4.69) is 10.4 Å². The van der Waals surface area contributed by atoms with Gasteiger partial charge in [0.25, 0.3) is 0 Å². The molecule has 1 aromatic carbocycles. The number of nitrogens with zero attached hydrogens (tertiary/aromatic N) is 2. The Bertz CT molecular complexity index is 711. The van der Waals surface area contributed by atoms with Crippen LogP contribution in [0.3, 0.4) is 0 Å². The van der Waals surface area contributed by atoms with Gasteiger partial charge in [-0.25, -0.2) is 4.68 Å². The number of aromatic nitrogens is 2. The van der Waals surface area contributed by atoms with Gasteiger partial charge in [0.1, 0.15) is 5.82 Å². The average Bonchev–Trinajstić information content (AvgIpc) is 3.13. The molecule has 1 saturated carbocycles. The number of carbonyl (C=O) groups is 1. The lowest BCUT2D eigenvalue weighted by atomic mass is 10.00. The number of benzene rings is 1. The molecule has 3 N–H and O–H groups in total. The molecule has 0 aliphatic heterocycles. The van der Waals surface area contributed by atoms with E-state index in [1.165, 1.54) is 0 Å². The summed E-state index contributed by atoms with van der Waals surface area (Å²) in [6, 6.07) is 7.25. The maximum atomic E-state index is 12.3. The van der Waals surface area contributed by atoms with Gasteiger partial charge in [-0.05, 0) is 30.9 Å². The van der Waals surface area contributed by atoms with E-state index in [1.54, 1.807) is 35.1 Å². The number of hydrogen-bond acceptors (Lipinski definition) is 3. The predicted molar refractivity (Wildman–Crippen MR) is 96.4 cm³/mol. The smallest absolute Gasteiger partial charge is 0.225 e. The van der Waals surface area contributed by atoms with Gasteiger partial charge in [-0.15, -0.1) is 0 Å². The molecule has 1 aliphatic rings. The lowest BCUT2D eigenvalue weighted by Crippen LogP contribution is -2.28. The molecule has 2 atom stereocenters. The summed E-state index contributed by atoms with van der Waals surface area (Å²) in [6.07, 6.45) is 5.20. The van der Waals surface area contributed by atoms with Crippen LogP contribution in [0.25, 0.3) is 0 Å². The second-order valence-electron chi connectivity index (χ2n) is 6.18. The van der Waals surface area contributed by atoms with Gasteiger partial charge in [0.2, 0.25) is 5.91 Å². The van der Waals surface area contributed by atoms with Crippen LogP contribution in [-0.2, 0) is 11.3 Å². The maximum absolute atomic E-state index is 12.3. The molecule has 5 nitrogen and oxygen atoms in total. The molecule has 0 saturated heterocycles. The molecule has 3 rings (SSSR count). The molecule has 7 heteroatoms. The molecule has 24 heavy (non-hydrogen) atoms. The zero-order valence-corrected chi connectivity index (χ0v) is 14.7. The second-order valence-corrected chi connectivity index (χ2v) is 7.00. The van der Waals surface area contributed by atoms with Crippen molar-refractivity contribution in [2.75, 3.05) is 5.32 Å². The molecule has 1 aromatic heterocycles. The van der Waals surface area contributed by atoms with Gasteiger partial charge in [-0.2, -0.15) is 5.10 Å². The normalized spacial score (nSPS) is 20.3. The summed E-state index contributed by atoms with van der Waals surface area (Å²) in [6.45, 7) is 0.393. The quantitative estimate of drug-likeness (QED) is 0.847. The second kappa shape index (κ2) is 7.55. The van der Waals surface area contributed by atoms with E-state index in [-0.39, 0.29) is 17.9 Å². The van der Waals surface area contributed by atoms with Crippen molar-refractivity contribution in [2.45, 2.75) is 38.3 Å². The third kappa shape index (κ3) is 3.91. The summed E-state index contributed by atoms with van der Waals surface area (Å²) in [5, 5.41) is 8.32. The van der Waals surface area contributed by atoms with E-state index in [0.29, 0.717) is 28.8 Å². The number of carbonyl (C=O) groups excluding carboxylic acids is 1. The van der Waals surface area contributed by atoms with Gasteiger partial charge < -0.3 is 11.1 Å². The van der Waals surface area contributed by atoms with Gasteiger partial charge in [-0.1, -0.05) is 35.7 Å². The first-order valence-electron chi connectivity index (χ1n) is 8.04. The summed E-state index contributed by atoms with van der Waals surface area (Å²) in [5.74, 6) is 0.853. The number of anilines is 1. The summed E-state index contributed by atoms with van der Waals surface area (Å²) in [7, 11) is 0. The van der Waals surface area contributed by atoms with Crippen LogP contribution in [0.2, 0.25) is 10.0 Å². The fourth-order valence-electron chi connectivity index (χ4n) is 3.15. The predicted octanol–water partition coefficient (Wildman–Crippen LogP) is 3.69. The summed E-state index contributed by atoms with van der Waals surface area (Å²) in [4.78, 5) is 12.3. The van der Waals surface area contributed by atoms with Crippen LogP contribution in [0.15, 0.2) is 30.5 Å². The lowest BCUT2D eigenvalue weighted by Gasteiger charge is -2.15. The summed E-state index contributed by atoms with van der Waals surface area (Å²) < 4.78 is 1.68. The molecule has 1 aliphatic carbocycles. The zero-order chi connectivity index (χ0) is 17.1. The molecule has 1 amide bonds. The molecule has 128 valence electrons. The highest BCUT2D eigenvalue weighted by Crippen LogP contribution is 2.28. The fourth-order valence-corrected chi connectivity index (χ4v) is 3.67. The Kier molecular flexibility index (Phi) is 5.43. The number of nitrogens with two attached hydrogens (primary N) is 1. The van der Waals surface area contributed by atoms with Gasteiger partial charge in [0.05, 0.1) is 12.7 Å². The van der Waals surface area contributed by atoms with Crippen molar-refractivity contribution in [1.82, 2.24) is 9.78 Å². The van der Waals surface area contributed by atoms with Crippen LogP contribution in [0.1, 0.15) is 31.2 Å². The molecule has 1 heterocycles. The molecule has 0 spiro atoms. The molecular weight excluding hydrogens is 347 g/mol. The standard InChI is InChI=1S/C17H20Cl2N4O/c18-13-4-2-5-14(19)12(13)10-23-16(7-8-21-23)22-17(24)9-11-3-1-6-15(11)20/h2,4-5,7-8,11,15H,1,3,6,9-10,20H2,(H,22,24)/t11-,15+/m0/s1. The first kappa shape index (κ1) is 17.3. The van der Waals surface area contributed by atoms with E-state index in [9.17, 15) is 4.79 Å². The van der Waals surface area contributed by atoms with Crippen LogP contribution >= 0.6 is 23.2 Å². The minimum Gasteiger partial charge on any atom is -0.327 e. The minimum atomic E-state index is -0.0376. The van der Waals surface area contributed by atoms with E-state index < -0.39 is 0 Å². The minimum absolute atomic E-state index is 0.0376. The van der Waals surface area contributed by atoms with Crippen molar-refractivity contribution in [2.24, 2.45) is 11.7 Å². The highest BCUT2D eigenvalue weighted by atomic mass is 35.5. The number of halogens is 2. The molecule has 0 unspecified atom stereocenters. The molecule has 1 fully saturated rings. The Hall–Kier alpha value is -1.56. The van der Waals surface area contributed by atoms with E-state index in [0.717, 1.165) is 24.8 Å². The third-order valence-corrected chi connectivity index (χ3v) is 5.23. The topological polar surface area (TPSA) is 72.9 Å². The highest BCUT2D eigenvalue weighted by Gasteiger charge is 2.26. The van der Waals surface area contributed by atoms with Gasteiger partial charge in [0, 0.05) is 34.1 Å². The van der Waals surface area contributed by atoms with Gasteiger partial charge >= 0.3 is 0 Å². The highest BCUT2D eigenvalue weighted by molar-refractivity contribution is 6.35. The average molecular weight is 367 g/mol. The molecule has 0 radical (unpaired) electrons. The third-order valence-electron chi connectivity index (χ3n) is 4.52. The van der Waals surface area contributed by atoms with Gasteiger partial charge in [0.15, 0.2) is 0 Å². The van der Waals surface area contributed by atoms with Crippen molar-refractivity contribution in [3.05, 3.63) is 46.1 Å². The number of amides is 1. The van der Waals surface area contributed by atoms with Crippen LogP contribution < -0.4 is 11.1 Å². The number of hydrogen-bond donors (Lipinski definition) is 2. The van der Waals surface area contributed by atoms with Crippen molar-refractivity contribution in [3.8, 4) is 0 Å². The number of nitrogens with one attached hydrogen (secondary N) is 1. The van der Waals surface area contributed by atoms with Crippen molar-refractivity contribution in [3.63, 3.8) is 0 Å². The van der Waals surface area contributed by atoms with E-state index >= 15 is 0 Å². The molecule has 0 bridgehead atoms. The van der Waals surface area contributed by atoms with Crippen LogP contribution in [-0.4, -0.2) is 21.7 Å². The summed E-state index contributed by atoms with van der Waals surface area (Å²) >= 11 is 12.4. The fraction of sp³-hybridized carbons (Fsp3) is 0.412. The van der Waals surface area contributed by atoms with E-state index in [4.69, 9.17) is 28.9 Å². The lowest BCUT2D eigenvalue weighted by molar-refractivity contribution is -0.117. The van der Waals surface area contributed by atoms with Crippen LogP contribution in [0.4, 0.5) is 5.82 Å². The first-order valence-corrected chi connectivity index (χ1v) is 8.80. The van der Waals surface area contributed by atoms with Crippen molar-refractivity contribution in [1.29, 1.82) is 0 Å². The SMILES string of the molecule is N[C@@H]1CCC[C@H]1CC(=O)Nc1ccnn1Cc1c(Cl)cccc1Cl.